The summed E-state index contributed by atoms with van der Waals surface area (Å²) in [6, 6.07) is 12.8. The summed E-state index contributed by atoms with van der Waals surface area (Å²) >= 11 is 0. The molecular formula is C25H28N2O6. The molecule has 33 heavy (non-hydrogen) atoms. The van der Waals surface area contributed by atoms with Crippen LogP contribution < -0.4 is 10.1 Å². The van der Waals surface area contributed by atoms with E-state index in [1.165, 1.54) is 13.2 Å². The van der Waals surface area contributed by atoms with E-state index in [2.05, 4.69) is 5.32 Å². The summed E-state index contributed by atoms with van der Waals surface area (Å²) in [7, 11) is 1.48. The Hall–Kier alpha value is -3.39. The fourth-order valence-electron chi connectivity index (χ4n) is 5.28. The lowest BCUT2D eigenvalue weighted by Gasteiger charge is -2.32. The van der Waals surface area contributed by atoms with E-state index in [0.717, 1.165) is 10.5 Å². The van der Waals surface area contributed by atoms with Crippen LogP contribution in [0, 0.1) is 17.8 Å². The fourth-order valence-corrected chi connectivity index (χ4v) is 5.28. The second-order valence-electron chi connectivity index (χ2n) is 9.17. The average Bonchev–Trinajstić information content (AvgIpc) is 3.24. The molecule has 2 fully saturated rings. The number of carboxylic acid groups (broad SMARTS) is 1. The lowest BCUT2D eigenvalue weighted by molar-refractivity contribution is -0.152. The molecule has 2 aromatic rings. The molecule has 0 unspecified atom stereocenters. The van der Waals surface area contributed by atoms with Crippen LogP contribution in [0.15, 0.2) is 48.5 Å². The van der Waals surface area contributed by atoms with Crippen LogP contribution in [0.1, 0.15) is 37.4 Å². The van der Waals surface area contributed by atoms with Gasteiger partial charge in [-0.05, 0) is 36.1 Å². The molecule has 4 atom stereocenters. The molecule has 174 valence electrons. The number of carbonyl (C=O) groups excluding carboxylic acids is 2. The Balaban J connectivity index is 1.83. The van der Waals surface area contributed by atoms with Crippen LogP contribution in [0.5, 0.6) is 11.5 Å². The minimum Gasteiger partial charge on any atom is -0.508 e. The van der Waals surface area contributed by atoms with Gasteiger partial charge in [0.25, 0.3) is 0 Å². The molecule has 0 bridgehead atoms. The van der Waals surface area contributed by atoms with Crippen molar-refractivity contribution >= 4 is 17.8 Å². The summed E-state index contributed by atoms with van der Waals surface area (Å²) in [6.07, 6.45) is 0.156. The third kappa shape index (κ3) is 3.74. The molecule has 0 aliphatic carbocycles. The molecule has 0 saturated carbocycles. The number of aliphatic carboxylic acids is 1. The molecule has 2 aliphatic rings. The highest BCUT2D eigenvalue weighted by Gasteiger charge is 2.68. The number of hydrogen-bond acceptors (Lipinski definition) is 6. The van der Waals surface area contributed by atoms with Crippen LogP contribution in [-0.4, -0.2) is 45.5 Å². The third-order valence-electron chi connectivity index (χ3n) is 6.61. The largest absolute Gasteiger partial charge is 0.508 e. The smallest absolute Gasteiger partial charge is 0.324 e. The number of likely N-dealkylation sites (tertiary alicyclic amines) is 1. The number of rotatable bonds is 7. The van der Waals surface area contributed by atoms with Gasteiger partial charge in [0.15, 0.2) is 0 Å². The van der Waals surface area contributed by atoms with Gasteiger partial charge in [-0.2, -0.15) is 0 Å². The van der Waals surface area contributed by atoms with Crippen molar-refractivity contribution in [1.82, 2.24) is 10.2 Å². The molecule has 2 saturated heterocycles. The molecule has 0 radical (unpaired) electrons. The van der Waals surface area contributed by atoms with E-state index in [0.29, 0.717) is 11.3 Å². The van der Waals surface area contributed by atoms with Gasteiger partial charge in [0.05, 0.1) is 25.5 Å². The van der Waals surface area contributed by atoms with E-state index in [4.69, 9.17) is 4.74 Å². The van der Waals surface area contributed by atoms with Crippen molar-refractivity contribution < 1.29 is 29.3 Å². The van der Waals surface area contributed by atoms with Crippen LogP contribution in [0.25, 0.3) is 0 Å². The van der Waals surface area contributed by atoms with Crippen LogP contribution in [-0.2, 0) is 20.9 Å². The van der Waals surface area contributed by atoms with Gasteiger partial charge in [0.2, 0.25) is 11.8 Å². The molecule has 0 spiro atoms. The van der Waals surface area contributed by atoms with Gasteiger partial charge in [-0.25, -0.2) is 0 Å². The van der Waals surface area contributed by atoms with Crippen molar-refractivity contribution in [3.05, 3.63) is 59.7 Å². The predicted octanol–water partition coefficient (Wildman–Crippen LogP) is 2.72. The highest BCUT2D eigenvalue weighted by Crippen LogP contribution is 2.52. The van der Waals surface area contributed by atoms with Crippen molar-refractivity contribution in [1.29, 1.82) is 0 Å². The average molecular weight is 453 g/mol. The Kier molecular flexibility index (Phi) is 5.88. The minimum atomic E-state index is -1.64. The Morgan fingerprint density at radius 1 is 1.15 bits per heavy atom. The first kappa shape index (κ1) is 22.8. The van der Waals surface area contributed by atoms with Gasteiger partial charge < -0.3 is 14.9 Å². The molecule has 8 nitrogen and oxygen atoms in total. The van der Waals surface area contributed by atoms with E-state index >= 15 is 0 Å². The number of amides is 2. The predicted molar refractivity (Wildman–Crippen MR) is 119 cm³/mol. The number of ether oxygens (including phenoxy) is 1. The SMILES string of the molecule is COc1ccc(O)c([C@@H]2N[C@](CC(C)C)(C(=O)O)[C@H]3C(=O)N(Cc4ccccc4)C(=O)[C@@H]23)c1. The summed E-state index contributed by atoms with van der Waals surface area (Å²) in [5, 5.41) is 24.1. The minimum absolute atomic E-state index is 0.0574. The second-order valence-corrected chi connectivity index (χ2v) is 9.17. The summed E-state index contributed by atoms with van der Waals surface area (Å²) in [6.45, 7) is 3.82. The first-order valence-corrected chi connectivity index (χ1v) is 11.0. The molecule has 2 aromatic carbocycles. The fraction of sp³-hybridized carbons (Fsp3) is 0.400. The highest BCUT2D eigenvalue weighted by molar-refractivity contribution is 6.09. The van der Waals surface area contributed by atoms with Crippen LogP contribution in [0.2, 0.25) is 0 Å². The maximum atomic E-state index is 13.6. The molecular weight excluding hydrogens is 424 g/mol. The molecule has 2 heterocycles. The number of phenolic OH excluding ortho intramolecular Hbond substituents is 1. The maximum absolute atomic E-state index is 13.6. The molecule has 2 aliphatic heterocycles. The van der Waals surface area contributed by atoms with Crippen molar-refractivity contribution in [2.45, 2.75) is 38.4 Å². The number of hydrogen-bond donors (Lipinski definition) is 3. The Morgan fingerprint density at radius 2 is 1.85 bits per heavy atom. The number of aromatic hydroxyl groups is 1. The van der Waals surface area contributed by atoms with E-state index in [9.17, 15) is 24.6 Å². The topological polar surface area (TPSA) is 116 Å². The number of fused-ring (bicyclic) bond motifs is 1. The van der Waals surface area contributed by atoms with Crippen molar-refractivity contribution in [3.8, 4) is 11.5 Å². The summed E-state index contributed by atoms with van der Waals surface area (Å²) in [5.41, 5.74) is -0.534. The zero-order chi connectivity index (χ0) is 23.9. The van der Waals surface area contributed by atoms with Crippen LogP contribution in [0.4, 0.5) is 0 Å². The van der Waals surface area contributed by atoms with E-state index < -0.39 is 41.2 Å². The standard InChI is InChI=1S/C25H28N2O6/c1-14(2)12-25(24(31)32)20-19(21(26-25)17-11-16(33-3)9-10-18(17)28)22(29)27(23(20)30)13-15-7-5-4-6-8-15/h4-11,14,19-21,26,28H,12-13H2,1-3H3,(H,31,32)/t19-,20-,21+,25+/m1/s1. The zero-order valence-corrected chi connectivity index (χ0v) is 18.8. The highest BCUT2D eigenvalue weighted by atomic mass is 16.5. The molecule has 0 aromatic heterocycles. The number of imide groups is 1. The van der Waals surface area contributed by atoms with Crippen LogP contribution >= 0.6 is 0 Å². The first-order chi connectivity index (χ1) is 15.7. The monoisotopic (exact) mass is 452 g/mol. The maximum Gasteiger partial charge on any atom is 0.324 e. The number of methoxy groups -OCH3 is 1. The van der Waals surface area contributed by atoms with Crippen molar-refractivity contribution in [2.24, 2.45) is 17.8 Å². The number of carbonyl (C=O) groups is 3. The zero-order valence-electron chi connectivity index (χ0n) is 18.8. The van der Waals surface area contributed by atoms with Gasteiger partial charge in [-0.1, -0.05) is 44.2 Å². The van der Waals surface area contributed by atoms with Gasteiger partial charge >= 0.3 is 5.97 Å². The summed E-state index contributed by atoms with van der Waals surface area (Å²) in [5.74, 6) is -3.89. The van der Waals surface area contributed by atoms with Gasteiger partial charge in [0, 0.05) is 11.6 Å². The molecule has 3 N–H and O–H groups in total. The van der Waals surface area contributed by atoms with Gasteiger partial charge in [-0.3, -0.25) is 24.6 Å². The molecule has 4 rings (SSSR count). The van der Waals surface area contributed by atoms with Gasteiger partial charge in [0.1, 0.15) is 17.0 Å². The van der Waals surface area contributed by atoms with E-state index in [1.54, 1.807) is 12.1 Å². The number of phenols is 1. The Morgan fingerprint density at radius 3 is 2.45 bits per heavy atom. The number of nitrogens with one attached hydrogen (secondary N) is 1. The van der Waals surface area contributed by atoms with Crippen molar-refractivity contribution in [2.75, 3.05) is 7.11 Å². The lowest BCUT2D eigenvalue weighted by atomic mass is 9.75. The van der Waals surface area contributed by atoms with E-state index in [-0.39, 0.29) is 24.6 Å². The number of nitrogens with zero attached hydrogens (tertiary/aromatic N) is 1. The normalized spacial score (nSPS) is 26.7. The Bertz CT molecular complexity index is 1090. The van der Waals surface area contributed by atoms with E-state index in [1.807, 2.05) is 44.2 Å². The van der Waals surface area contributed by atoms with Crippen LogP contribution in [0.3, 0.4) is 0 Å². The van der Waals surface area contributed by atoms with Gasteiger partial charge in [-0.15, -0.1) is 0 Å². The lowest BCUT2D eigenvalue weighted by Crippen LogP contribution is -2.56. The molecule has 2 amide bonds. The Labute approximate surface area is 192 Å². The first-order valence-electron chi connectivity index (χ1n) is 11.0. The summed E-state index contributed by atoms with van der Waals surface area (Å²) < 4.78 is 5.28. The quantitative estimate of drug-likeness (QED) is 0.553. The molecule has 8 heteroatoms. The summed E-state index contributed by atoms with van der Waals surface area (Å²) in [4.78, 5) is 41.0. The number of benzene rings is 2. The second kappa shape index (κ2) is 8.51. The number of carboxylic acids is 1. The van der Waals surface area contributed by atoms with Crippen molar-refractivity contribution in [3.63, 3.8) is 0 Å². The third-order valence-corrected chi connectivity index (χ3v) is 6.61.